The Morgan fingerprint density at radius 2 is 2.04 bits per heavy atom. The number of benzene rings is 2. The molecule has 0 bridgehead atoms. The van der Waals surface area contributed by atoms with Crippen LogP contribution in [-0.4, -0.2) is 54.1 Å². The van der Waals surface area contributed by atoms with E-state index in [0.29, 0.717) is 32.6 Å². The predicted octanol–water partition coefficient (Wildman–Crippen LogP) is 1.03. The van der Waals surface area contributed by atoms with Gasteiger partial charge in [-0.1, -0.05) is 42.5 Å². The first kappa shape index (κ1) is 18.4. The van der Waals surface area contributed by atoms with Crippen LogP contribution in [0.3, 0.4) is 0 Å². The average molecular weight is 355 g/mol. The number of rotatable bonds is 7. The van der Waals surface area contributed by atoms with Gasteiger partial charge in [-0.2, -0.15) is 0 Å². The molecule has 2 aromatic rings. The number of nitrogens with one attached hydrogen (secondary N) is 2. The molecule has 1 atom stereocenters. The third-order valence-electron chi connectivity index (χ3n) is 4.73. The second kappa shape index (κ2) is 8.78. The first-order valence-corrected chi connectivity index (χ1v) is 9.05. The molecule has 6 nitrogen and oxygen atoms in total. The lowest BCUT2D eigenvalue weighted by Gasteiger charge is -2.35. The molecule has 0 aromatic heterocycles. The van der Waals surface area contributed by atoms with E-state index in [2.05, 4.69) is 39.8 Å². The molecule has 0 saturated carbocycles. The molecule has 1 fully saturated rings. The topological polar surface area (TPSA) is 81.7 Å². The van der Waals surface area contributed by atoms with Gasteiger partial charge in [0.15, 0.2) is 0 Å². The Kier molecular flexibility index (Phi) is 6.20. The van der Waals surface area contributed by atoms with Gasteiger partial charge in [-0.15, -0.1) is 0 Å². The second-order valence-corrected chi connectivity index (χ2v) is 6.55. The number of fused-ring (bicyclic) bond motifs is 1. The van der Waals surface area contributed by atoms with E-state index >= 15 is 0 Å². The van der Waals surface area contributed by atoms with Crippen LogP contribution in [-0.2, 0) is 16.1 Å². The predicted molar refractivity (Wildman–Crippen MR) is 100 cm³/mol. The van der Waals surface area contributed by atoms with E-state index < -0.39 is 6.04 Å². The fourth-order valence-electron chi connectivity index (χ4n) is 3.38. The summed E-state index contributed by atoms with van der Waals surface area (Å²) >= 11 is 0. The summed E-state index contributed by atoms with van der Waals surface area (Å²) in [5, 5.41) is 16.8. The zero-order chi connectivity index (χ0) is 18.4. The number of hydrogen-bond acceptors (Lipinski definition) is 4. The summed E-state index contributed by atoms with van der Waals surface area (Å²) in [6, 6.07) is 13.9. The molecule has 6 heteroatoms. The van der Waals surface area contributed by atoms with Gasteiger partial charge in [0.05, 0.1) is 12.5 Å². The van der Waals surface area contributed by atoms with Crippen LogP contribution >= 0.6 is 0 Å². The molecule has 3 N–H and O–H groups in total. The summed E-state index contributed by atoms with van der Waals surface area (Å²) in [5.74, 6) is -0.266. The van der Waals surface area contributed by atoms with E-state index in [4.69, 9.17) is 5.11 Å². The standard InChI is InChI=1S/C20H25N3O3/c24-12-4-9-21-19(25)13-18-20(26)22-10-11-23(18)14-16-7-3-6-15-5-1-2-8-17(15)16/h1-3,5-8,18,24H,4,9-14H2,(H,21,25)(H,22,26). The lowest BCUT2D eigenvalue weighted by atomic mass is 10.0. The summed E-state index contributed by atoms with van der Waals surface area (Å²) < 4.78 is 0. The highest BCUT2D eigenvalue weighted by molar-refractivity contribution is 5.89. The number of aliphatic hydroxyl groups excluding tert-OH is 1. The molecule has 0 radical (unpaired) electrons. The van der Waals surface area contributed by atoms with E-state index in [1.165, 1.54) is 10.8 Å². The van der Waals surface area contributed by atoms with Crippen LogP contribution in [0.2, 0.25) is 0 Å². The van der Waals surface area contributed by atoms with E-state index in [-0.39, 0.29) is 24.8 Å². The Morgan fingerprint density at radius 3 is 2.88 bits per heavy atom. The first-order valence-electron chi connectivity index (χ1n) is 9.05. The van der Waals surface area contributed by atoms with Gasteiger partial charge in [0.25, 0.3) is 0 Å². The molecule has 3 rings (SSSR count). The van der Waals surface area contributed by atoms with Crippen molar-refractivity contribution in [3.05, 3.63) is 48.0 Å². The Balaban J connectivity index is 1.73. The number of nitrogens with zero attached hydrogens (tertiary/aromatic N) is 1. The minimum atomic E-state index is -0.475. The van der Waals surface area contributed by atoms with Crippen molar-refractivity contribution < 1.29 is 14.7 Å². The van der Waals surface area contributed by atoms with Gasteiger partial charge in [-0.3, -0.25) is 14.5 Å². The van der Waals surface area contributed by atoms with Crippen molar-refractivity contribution in [3.63, 3.8) is 0 Å². The second-order valence-electron chi connectivity index (χ2n) is 6.55. The molecule has 1 unspecified atom stereocenters. The van der Waals surface area contributed by atoms with Crippen molar-refractivity contribution in [1.29, 1.82) is 0 Å². The zero-order valence-electron chi connectivity index (χ0n) is 14.8. The molecule has 0 spiro atoms. The molecule has 2 amide bonds. The van der Waals surface area contributed by atoms with E-state index in [1.54, 1.807) is 0 Å². The summed E-state index contributed by atoms with van der Waals surface area (Å²) in [7, 11) is 0. The maximum Gasteiger partial charge on any atom is 0.237 e. The highest BCUT2D eigenvalue weighted by Crippen LogP contribution is 2.22. The zero-order valence-corrected chi connectivity index (χ0v) is 14.8. The van der Waals surface area contributed by atoms with Crippen molar-refractivity contribution in [3.8, 4) is 0 Å². The highest BCUT2D eigenvalue weighted by Gasteiger charge is 2.31. The van der Waals surface area contributed by atoms with Crippen molar-refractivity contribution in [1.82, 2.24) is 15.5 Å². The third-order valence-corrected chi connectivity index (χ3v) is 4.73. The number of hydrogen-bond donors (Lipinski definition) is 3. The molecule has 1 aliphatic heterocycles. The molecular weight excluding hydrogens is 330 g/mol. The van der Waals surface area contributed by atoms with Gasteiger partial charge in [0.1, 0.15) is 0 Å². The van der Waals surface area contributed by atoms with Crippen LogP contribution in [0.25, 0.3) is 10.8 Å². The fraction of sp³-hybridized carbons (Fsp3) is 0.400. The van der Waals surface area contributed by atoms with Crippen LogP contribution in [0, 0.1) is 0 Å². The molecule has 138 valence electrons. The van der Waals surface area contributed by atoms with Gasteiger partial charge in [0.2, 0.25) is 11.8 Å². The molecule has 1 aliphatic rings. The maximum atomic E-state index is 12.4. The van der Waals surface area contributed by atoms with Gasteiger partial charge in [-0.05, 0) is 22.8 Å². The Hall–Kier alpha value is -2.44. The van der Waals surface area contributed by atoms with Crippen molar-refractivity contribution in [2.24, 2.45) is 0 Å². The Bertz CT molecular complexity index is 772. The summed E-state index contributed by atoms with van der Waals surface area (Å²) in [6.07, 6.45) is 0.643. The molecule has 1 heterocycles. The normalized spacial score (nSPS) is 17.9. The van der Waals surface area contributed by atoms with Crippen molar-refractivity contribution >= 4 is 22.6 Å². The van der Waals surface area contributed by atoms with Gasteiger partial charge < -0.3 is 15.7 Å². The summed E-state index contributed by atoms with van der Waals surface area (Å²) in [5.41, 5.74) is 1.16. The number of carbonyl (C=O) groups is 2. The minimum Gasteiger partial charge on any atom is -0.396 e. The Morgan fingerprint density at radius 1 is 1.23 bits per heavy atom. The van der Waals surface area contributed by atoms with Crippen LogP contribution < -0.4 is 10.6 Å². The number of carbonyl (C=O) groups excluding carboxylic acids is 2. The van der Waals surface area contributed by atoms with Crippen molar-refractivity contribution in [2.45, 2.75) is 25.4 Å². The smallest absolute Gasteiger partial charge is 0.237 e. The van der Waals surface area contributed by atoms with E-state index in [9.17, 15) is 9.59 Å². The van der Waals surface area contributed by atoms with E-state index in [1.807, 2.05) is 18.2 Å². The van der Waals surface area contributed by atoms with Crippen molar-refractivity contribution in [2.75, 3.05) is 26.2 Å². The number of piperazine rings is 1. The monoisotopic (exact) mass is 355 g/mol. The van der Waals surface area contributed by atoms with Gasteiger partial charge in [-0.25, -0.2) is 0 Å². The van der Waals surface area contributed by atoms with Crippen LogP contribution in [0.1, 0.15) is 18.4 Å². The summed E-state index contributed by atoms with van der Waals surface area (Å²) in [4.78, 5) is 26.6. The largest absolute Gasteiger partial charge is 0.396 e. The Labute approximate surface area is 153 Å². The minimum absolute atomic E-state index is 0.0391. The molecule has 0 aliphatic carbocycles. The summed E-state index contributed by atoms with van der Waals surface area (Å²) in [6.45, 7) is 2.39. The number of aliphatic hydroxyl groups is 1. The fourth-order valence-corrected chi connectivity index (χ4v) is 3.38. The molecule has 26 heavy (non-hydrogen) atoms. The first-order chi connectivity index (χ1) is 12.7. The molecular formula is C20H25N3O3. The maximum absolute atomic E-state index is 12.4. The third kappa shape index (κ3) is 4.39. The van der Waals surface area contributed by atoms with E-state index in [0.717, 1.165) is 5.56 Å². The molecule has 2 aromatic carbocycles. The van der Waals surface area contributed by atoms with Gasteiger partial charge >= 0.3 is 0 Å². The average Bonchev–Trinajstić information content (AvgIpc) is 2.65. The SMILES string of the molecule is O=C(CC1C(=O)NCCN1Cc1cccc2ccccc12)NCCCO. The van der Waals surface area contributed by atoms with Gasteiger partial charge in [0, 0.05) is 32.8 Å². The lowest BCUT2D eigenvalue weighted by Crippen LogP contribution is -2.56. The molecule has 1 saturated heterocycles. The van der Waals surface area contributed by atoms with Crippen LogP contribution in [0.4, 0.5) is 0 Å². The van der Waals surface area contributed by atoms with Crippen LogP contribution in [0.5, 0.6) is 0 Å². The quantitative estimate of drug-likeness (QED) is 0.648. The number of amides is 2. The van der Waals surface area contributed by atoms with Crippen LogP contribution in [0.15, 0.2) is 42.5 Å². The highest BCUT2D eigenvalue weighted by atomic mass is 16.3. The lowest BCUT2D eigenvalue weighted by molar-refractivity contribution is -0.134.